The summed E-state index contributed by atoms with van der Waals surface area (Å²) in [4.78, 5) is 6.50. The van der Waals surface area contributed by atoms with Gasteiger partial charge in [0.25, 0.3) is 0 Å². The van der Waals surface area contributed by atoms with Gasteiger partial charge >= 0.3 is 0 Å². The zero-order chi connectivity index (χ0) is 11.5. The van der Waals surface area contributed by atoms with Gasteiger partial charge in [-0.1, -0.05) is 0 Å². The van der Waals surface area contributed by atoms with E-state index < -0.39 is 0 Å². The van der Waals surface area contributed by atoms with E-state index in [9.17, 15) is 0 Å². The van der Waals surface area contributed by atoms with E-state index in [2.05, 4.69) is 15.0 Å². The molecule has 0 bridgehead atoms. The second kappa shape index (κ2) is 4.61. The zero-order valence-electron chi connectivity index (χ0n) is 9.56. The van der Waals surface area contributed by atoms with Crippen LogP contribution in [0.4, 0.5) is 0 Å². The lowest BCUT2D eigenvalue weighted by molar-refractivity contribution is 0.189. The molecule has 1 fully saturated rings. The largest absolute Gasteiger partial charge is 0.387 e. The van der Waals surface area contributed by atoms with Crippen molar-refractivity contribution in [3.8, 4) is 0 Å². The van der Waals surface area contributed by atoms with Gasteiger partial charge in [0.1, 0.15) is 12.2 Å². The van der Waals surface area contributed by atoms with Crippen LogP contribution in [-0.2, 0) is 13.6 Å². The van der Waals surface area contributed by atoms with E-state index in [-0.39, 0.29) is 5.92 Å². The van der Waals surface area contributed by atoms with Crippen LogP contribution >= 0.6 is 0 Å². The number of nitrogens with one attached hydrogen (secondary N) is 1. The summed E-state index contributed by atoms with van der Waals surface area (Å²) >= 11 is 0. The van der Waals surface area contributed by atoms with Crippen LogP contribution < -0.4 is 5.73 Å². The van der Waals surface area contributed by atoms with Crippen LogP contribution in [0.3, 0.4) is 0 Å². The third-order valence-corrected chi connectivity index (χ3v) is 3.12. The highest BCUT2D eigenvalue weighted by Crippen LogP contribution is 2.17. The number of aromatic nitrogens is 3. The van der Waals surface area contributed by atoms with E-state index in [1.165, 1.54) is 0 Å². The van der Waals surface area contributed by atoms with Gasteiger partial charge in [-0.25, -0.2) is 4.98 Å². The highest BCUT2D eigenvalue weighted by atomic mass is 15.3. The molecule has 3 N–H and O–H groups in total. The molecule has 1 aromatic rings. The maximum atomic E-state index is 7.49. The topological polar surface area (TPSA) is 83.8 Å². The summed E-state index contributed by atoms with van der Waals surface area (Å²) in [5, 5.41) is 11.5. The fraction of sp³-hybridized carbons (Fsp3) is 0.700. The van der Waals surface area contributed by atoms with E-state index in [4.69, 9.17) is 11.1 Å². The number of likely N-dealkylation sites (tertiary alicyclic amines) is 1. The van der Waals surface area contributed by atoms with E-state index in [0.29, 0.717) is 5.84 Å². The molecule has 1 aliphatic rings. The molecule has 88 valence electrons. The third-order valence-electron chi connectivity index (χ3n) is 3.12. The van der Waals surface area contributed by atoms with Gasteiger partial charge in [-0.05, 0) is 19.4 Å². The predicted octanol–water partition coefficient (Wildman–Crippen LogP) is -0.0369. The molecule has 1 atom stereocenters. The minimum absolute atomic E-state index is 0.210. The number of aryl methyl sites for hydroxylation is 1. The van der Waals surface area contributed by atoms with Gasteiger partial charge < -0.3 is 5.73 Å². The molecule has 0 amide bonds. The van der Waals surface area contributed by atoms with Crippen LogP contribution in [0, 0.1) is 11.3 Å². The Morgan fingerprint density at radius 2 is 2.50 bits per heavy atom. The second-order valence-corrected chi connectivity index (χ2v) is 4.33. The Balaban J connectivity index is 1.95. The van der Waals surface area contributed by atoms with Gasteiger partial charge in [0.15, 0.2) is 0 Å². The second-order valence-electron chi connectivity index (χ2n) is 4.33. The van der Waals surface area contributed by atoms with Crippen LogP contribution in [0.5, 0.6) is 0 Å². The summed E-state index contributed by atoms with van der Waals surface area (Å²) in [5.74, 6) is 1.48. The molecule has 0 saturated carbocycles. The Hall–Kier alpha value is -1.43. The van der Waals surface area contributed by atoms with Crippen molar-refractivity contribution in [1.82, 2.24) is 19.7 Å². The average Bonchev–Trinajstić information content (AvgIpc) is 2.65. The summed E-state index contributed by atoms with van der Waals surface area (Å²) in [6, 6.07) is 0. The molecule has 1 aromatic heterocycles. The third kappa shape index (κ3) is 2.38. The Morgan fingerprint density at radius 1 is 1.69 bits per heavy atom. The van der Waals surface area contributed by atoms with Crippen molar-refractivity contribution >= 4 is 5.84 Å². The number of piperidine rings is 1. The molecule has 6 heteroatoms. The number of hydrogen-bond donors (Lipinski definition) is 2. The molecule has 0 radical (unpaired) electrons. The van der Waals surface area contributed by atoms with Crippen molar-refractivity contribution in [3.63, 3.8) is 0 Å². The monoisotopic (exact) mass is 222 g/mol. The van der Waals surface area contributed by atoms with Gasteiger partial charge in [0.2, 0.25) is 0 Å². The fourth-order valence-electron chi connectivity index (χ4n) is 2.12. The summed E-state index contributed by atoms with van der Waals surface area (Å²) in [6.07, 6.45) is 3.70. The molecule has 1 unspecified atom stereocenters. The van der Waals surface area contributed by atoms with E-state index >= 15 is 0 Å². The lowest BCUT2D eigenvalue weighted by atomic mass is 9.97. The van der Waals surface area contributed by atoms with E-state index in [1.54, 1.807) is 11.0 Å². The minimum Gasteiger partial charge on any atom is -0.387 e. The number of nitrogens with two attached hydrogens (primary N) is 1. The molecule has 2 heterocycles. The fourth-order valence-corrected chi connectivity index (χ4v) is 2.12. The molecule has 0 aliphatic carbocycles. The molecular weight excluding hydrogens is 204 g/mol. The Bertz CT molecular complexity index is 371. The Morgan fingerprint density at radius 3 is 3.12 bits per heavy atom. The van der Waals surface area contributed by atoms with Crippen LogP contribution in [0.2, 0.25) is 0 Å². The quantitative estimate of drug-likeness (QED) is 0.555. The van der Waals surface area contributed by atoms with Gasteiger partial charge in [-0.15, -0.1) is 0 Å². The summed E-state index contributed by atoms with van der Waals surface area (Å²) in [7, 11) is 1.90. The normalized spacial score (nSPS) is 22.2. The molecule has 6 nitrogen and oxygen atoms in total. The van der Waals surface area contributed by atoms with Crippen molar-refractivity contribution in [3.05, 3.63) is 12.2 Å². The Kier molecular flexibility index (Phi) is 3.19. The highest BCUT2D eigenvalue weighted by Gasteiger charge is 2.22. The first kappa shape index (κ1) is 11.1. The molecule has 16 heavy (non-hydrogen) atoms. The summed E-state index contributed by atoms with van der Waals surface area (Å²) in [5.41, 5.74) is 5.56. The van der Waals surface area contributed by atoms with Gasteiger partial charge in [0.05, 0.1) is 12.4 Å². The van der Waals surface area contributed by atoms with Crippen molar-refractivity contribution < 1.29 is 0 Å². The average molecular weight is 222 g/mol. The van der Waals surface area contributed by atoms with Crippen molar-refractivity contribution in [2.75, 3.05) is 13.1 Å². The number of nitrogens with zero attached hydrogens (tertiary/aromatic N) is 4. The molecule has 1 saturated heterocycles. The van der Waals surface area contributed by atoms with Gasteiger partial charge in [0, 0.05) is 19.5 Å². The van der Waals surface area contributed by atoms with Crippen molar-refractivity contribution in [2.45, 2.75) is 19.4 Å². The van der Waals surface area contributed by atoms with Gasteiger partial charge in [-0.3, -0.25) is 15.0 Å². The van der Waals surface area contributed by atoms with E-state index in [1.807, 2.05) is 7.05 Å². The number of hydrogen-bond acceptors (Lipinski definition) is 4. The van der Waals surface area contributed by atoms with E-state index in [0.717, 1.165) is 38.3 Å². The first-order valence-corrected chi connectivity index (χ1v) is 5.56. The molecule has 2 rings (SSSR count). The molecule has 0 spiro atoms. The minimum atomic E-state index is 0.210. The summed E-state index contributed by atoms with van der Waals surface area (Å²) < 4.78 is 1.79. The van der Waals surface area contributed by atoms with Crippen molar-refractivity contribution in [1.29, 1.82) is 5.41 Å². The molecule has 1 aliphatic heterocycles. The molecular formula is C10H18N6. The zero-order valence-corrected chi connectivity index (χ0v) is 9.56. The lowest BCUT2D eigenvalue weighted by Crippen LogP contribution is -2.40. The maximum Gasteiger partial charge on any atom is 0.140 e. The standard InChI is InChI=1S/C10H18N6/c1-15-9(13-7-14-15)6-16-4-2-3-8(5-16)10(11)12/h7-8H,2-6H2,1H3,(H3,11,12). The SMILES string of the molecule is Cn1ncnc1CN1CCCC(C(=N)N)C1. The summed E-state index contributed by atoms with van der Waals surface area (Å²) in [6.45, 7) is 2.71. The first-order valence-electron chi connectivity index (χ1n) is 5.56. The smallest absolute Gasteiger partial charge is 0.140 e. The van der Waals surface area contributed by atoms with Gasteiger partial charge in [-0.2, -0.15) is 5.10 Å². The van der Waals surface area contributed by atoms with Crippen LogP contribution in [-0.4, -0.2) is 38.6 Å². The number of rotatable bonds is 3. The lowest BCUT2D eigenvalue weighted by Gasteiger charge is -2.31. The predicted molar refractivity (Wildman–Crippen MR) is 60.9 cm³/mol. The van der Waals surface area contributed by atoms with Crippen LogP contribution in [0.1, 0.15) is 18.7 Å². The first-order chi connectivity index (χ1) is 7.66. The maximum absolute atomic E-state index is 7.49. The van der Waals surface area contributed by atoms with Crippen molar-refractivity contribution in [2.24, 2.45) is 18.7 Å². The number of amidine groups is 1. The Labute approximate surface area is 95.0 Å². The van der Waals surface area contributed by atoms with Crippen LogP contribution in [0.25, 0.3) is 0 Å². The highest BCUT2D eigenvalue weighted by molar-refractivity contribution is 5.79. The van der Waals surface area contributed by atoms with Crippen LogP contribution in [0.15, 0.2) is 6.33 Å². The molecule has 0 aromatic carbocycles.